The number of aromatic nitrogens is 1. The number of nitrogens with one attached hydrogen (secondary N) is 1. The lowest BCUT2D eigenvalue weighted by Gasteiger charge is -2.19. The molecule has 7 nitrogen and oxygen atoms in total. The zero-order valence-electron chi connectivity index (χ0n) is 15.2. The Balaban J connectivity index is 1.72. The van der Waals surface area contributed by atoms with Gasteiger partial charge < -0.3 is 19.2 Å². The summed E-state index contributed by atoms with van der Waals surface area (Å²) >= 11 is 1.37. The molecule has 142 valence electrons. The maximum Gasteiger partial charge on any atom is 0.273 e. The number of thiophene rings is 1. The van der Waals surface area contributed by atoms with Gasteiger partial charge in [-0.05, 0) is 29.5 Å². The van der Waals surface area contributed by atoms with Crippen LogP contribution in [0.5, 0.6) is 0 Å². The second kappa shape index (κ2) is 8.68. The summed E-state index contributed by atoms with van der Waals surface area (Å²) in [6.07, 6.45) is 1.56. The maximum atomic E-state index is 12.8. The standard InChI is InChI=1S/C19H21N3O4S/c1-13(2)10-20-18(23)16-9-15(26-21-16)12-22(11-14-5-3-7-25-14)19(24)17-6-4-8-27-17/h3-9,13H,10-12H2,1-2H3,(H,20,23). The molecule has 0 aliphatic carbocycles. The summed E-state index contributed by atoms with van der Waals surface area (Å²) in [7, 11) is 0. The van der Waals surface area contributed by atoms with Gasteiger partial charge in [-0.3, -0.25) is 9.59 Å². The molecule has 1 N–H and O–H groups in total. The molecule has 3 aromatic rings. The van der Waals surface area contributed by atoms with E-state index in [0.717, 1.165) is 0 Å². The number of carbonyl (C=O) groups is 2. The van der Waals surface area contributed by atoms with Crippen LogP contribution in [0.25, 0.3) is 0 Å². The van der Waals surface area contributed by atoms with Gasteiger partial charge in [0.2, 0.25) is 0 Å². The van der Waals surface area contributed by atoms with E-state index in [9.17, 15) is 9.59 Å². The highest BCUT2D eigenvalue weighted by molar-refractivity contribution is 7.12. The first-order chi connectivity index (χ1) is 13.0. The van der Waals surface area contributed by atoms with Crippen LogP contribution in [0.2, 0.25) is 0 Å². The van der Waals surface area contributed by atoms with Crippen LogP contribution in [0.1, 0.15) is 45.5 Å². The lowest BCUT2D eigenvalue weighted by molar-refractivity contribution is 0.0705. The normalized spacial score (nSPS) is 10.9. The first-order valence-corrected chi connectivity index (χ1v) is 9.50. The Morgan fingerprint density at radius 2 is 2.04 bits per heavy atom. The van der Waals surface area contributed by atoms with Crippen LogP contribution < -0.4 is 5.32 Å². The smallest absolute Gasteiger partial charge is 0.273 e. The van der Waals surface area contributed by atoms with E-state index < -0.39 is 0 Å². The van der Waals surface area contributed by atoms with Gasteiger partial charge in [0.25, 0.3) is 11.8 Å². The predicted molar refractivity (Wildman–Crippen MR) is 100 cm³/mol. The van der Waals surface area contributed by atoms with Gasteiger partial charge >= 0.3 is 0 Å². The minimum Gasteiger partial charge on any atom is -0.467 e. The van der Waals surface area contributed by atoms with Crippen molar-refractivity contribution in [2.24, 2.45) is 5.92 Å². The molecule has 0 fully saturated rings. The van der Waals surface area contributed by atoms with Crippen LogP contribution in [0.4, 0.5) is 0 Å². The third-order valence-electron chi connectivity index (χ3n) is 3.76. The molecule has 0 atom stereocenters. The molecule has 8 heteroatoms. The highest BCUT2D eigenvalue weighted by Gasteiger charge is 2.21. The van der Waals surface area contributed by atoms with Gasteiger partial charge in [-0.2, -0.15) is 0 Å². The van der Waals surface area contributed by atoms with Crippen LogP contribution in [0.15, 0.2) is 50.9 Å². The molecule has 0 radical (unpaired) electrons. The summed E-state index contributed by atoms with van der Waals surface area (Å²) in [6.45, 7) is 5.05. The Kier molecular flexibility index (Phi) is 6.08. The molecule has 0 spiro atoms. The molecule has 0 saturated heterocycles. The largest absolute Gasteiger partial charge is 0.467 e. The second-order valence-electron chi connectivity index (χ2n) is 6.50. The van der Waals surface area contributed by atoms with E-state index >= 15 is 0 Å². The van der Waals surface area contributed by atoms with E-state index in [0.29, 0.717) is 35.4 Å². The van der Waals surface area contributed by atoms with Crippen molar-refractivity contribution in [2.75, 3.05) is 6.54 Å². The third kappa shape index (κ3) is 5.07. The number of nitrogens with zero attached hydrogens (tertiary/aromatic N) is 2. The number of hydrogen-bond acceptors (Lipinski definition) is 6. The fourth-order valence-electron chi connectivity index (χ4n) is 2.42. The molecule has 2 amide bonds. The van der Waals surface area contributed by atoms with E-state index in [2.05, 4.69) is 10.5 Å². The molecule has 0 aliphatic rings. The van der Waals surface area contributed by atoms with Gasteiger partial charge in [-0.25, -0.2) is 0 Å². The van der Waals surface area contributed by atoms with Crippen molar-refractivity contribution in [1.82, 2.24) is 15.4 Å². The molecule has 3 rings (SSSR count). The first-order valence-electron chi connectivity index (χ1n) is 8.62. The summed E-state index contributed by atoms with van der Waals surface area (Å²) in [4.78, 5) is 27.1. The summed E-state index contributed by atoms with van der Waals surface area (Å²) in [5.41, 5.74) is 0.201. The number of hydrogen-bond donors (Lipinski definition) is 1. The van der Waals surface area contributed by atoms with Crippen LogP contribution in [-0.2, 0) is 13.1 Å². The van der Waals surface area contributed by atoms with Crippen molar-refractivity contribution in [3.8, 4) is 0 Å². The monoisotopic (exact) mass is 387 g/mol. The first kappa shape index (κ1) is 18.9. The molecule has 3 aromatic heterocycles. The summed E-state index contributed by atoms with van der Waals surface area (Å²) in [6, 6.07) is 8.74. The van der Waals surface area contributed by atoms with E-state index in [1.807, 2.05) is 25.3 Å². The van der Waals surface area contributed by atoms with Crippen molar-refractivity contribution in [1.29, 1.82) is 0 Å². The fraction of sp³-hybridized carbons (Fsp3) is 0.316. The van der Waals surface area contributed by atoms with Crippen molar-refractivity contribution >= 4 is 23.2 Å². The van der Waals surface area contributed by atoms with Crippen LogP contribution in [-0.4, -0.2) is 28.4 Å². The number of rotatable bonds is 8. The number of furan rings is 1. The molecular formula is C19H21N3O4S. The Labute approximate surface area is 160 Å². The molecule has 3 heterocycles. The maximum absolute atomic E-state index is 12.8. The van der Waals surface area contributed by atoms with Crippen molar-refractivity contribution in [3.05, 3.63) is 64.1 Å². The Morgan fingerprint density at radius 1 is 1.22 bits per heavy atom. The van der Waals surface area contributed by atoms with Crippen LogP contribution in [0.3, 0.4) is 0 Å². The minimum absolute atomic E-state index is 0.136. The van der Waals surface area contributed by atoms with Crippen molar-refractivity contribution in [2.45, 2.75) is 26.9 Å². The third-order valence-corrected chi connectivity index (χ3v) is 4.61. The van der Waals surface area contributed by atoms with E-state index in [1.165, 1.54) is 11.3 Å². The zero-order valence-corrected chi connectivity index (χ0v) is 16.0. The van der Waals surface area contributed by atoms with Gasteiger partial charge in [0, 0.05) is 12.6 Å². The minimum atomic E-state index is -0.291. The Morgan fingerprint density at radius 3 is 2.70 bits per heavy atom. The van der Waals surface area contributed by atoms with E-state index in [-0.39, 0.29) is 24.1 Å². The predicted octanol–water partition coefficient (Wildman–Crippen LogP) is 3.56. The average Bonchev–Trinajstić information content (AvgIpc) is 3.40. The highest BCUT2D eigenvalue weighted by Crippen LogP contribution is 2.18. The lowest BCUT2D eigenvalue weighted by Crippen LogP contribution is -2.29. The van der Waals surface area contributed by atoms with Gasteiger partial charge in [0.15, 0.2) is 11.5 Å². The van der Waals surface area contributed by atoms with Crippen molar-refractivity contribution < 1.29 is 18.5 Å². The van der Waals surface area contributed by atoms with E-state index in [4.69, 9.17) is 8.94 Å². The Bertz CT molecular complexity index is 869. The highest BCUT2D eigenvalue weighted by atomic mass is 32.1. The zero-order chi connectivity index (χ0) is 19.2. The van der Waals surface area contributed by atoms with E-state index in [1.54, 1.807) is 35.4 Å². The second-order valence-corrected chi connectivity index (χ2v) is 7.45. The molecule has 0 saturated carbocycles. The van der Waals surface area contributed by atoms with Gasteiger partial charge in [0.1, 0.15) is 5.76 Å². The molecule has 0 bridgehead atoms. The quantitative estimate of drug-likeness (QED) is 0.638. The molecule has 0 unspecified atom stereocenters. The van der Waals surface area contributed by atoms with Gasteiger partial charge in [0.05, 0.1) is 24.2 Å². The van der Waals surface area contributed by atoms with Gasteiger partial charge in [-0.15, -0.1) is 11.3 Å². The summed E-state index contributed by atoms with van der Waals surface area (Å²) < 4.78 is 10.6. The fourth-order valence-corrected chi connectivity index (χ4v) is 3.11. The summed E-state index contributed by atoms with van der Waals surface area (Å²) in [5, 5.41) is 8.46. The van der Waals surface area contributed by atoms with Crippen LogP contribution >= 0.6 is 11.3 Å². The molecular weight excluding hydrogens is 366 g/mol. The molecule has 0 aromatic carbocycles. The molecule has 27 heavy (non-hydrogen) atoms. The van der Waals surface area contributed by atoms with Crippen LogP contribution in [0, 0.1) is 5.92 Å². The summed E-state index contributed by atoms with van der Waals surface area (Å²) in [5.74, 6) is 1.01. The number of amides is 2. The lowest BCUT2D eigenvalue weighted by atomic mass is 10.2. The Hall–Kier alpha value is -2.87. The topological polar surface area (TPSA) is 88.6 Å². The van der Waals surface area contributed by atoms with Crippen molar-refractivity contribution in [3.63, 3.8) is 0 Å². The number of carbonyl (C=O) groups excluding carboxylic acids is 2. The average molecular weight is 387 g/mol. The molecule has 0 aliphatic heterocycles. The SMILES string of the molecule is CC(C)CNC(=O)c1cc(CN(Cc2ccco2)C(=O)c2cccs2)on1. The van der Waals surface area contributed by atoms with Gasteiger partial charge in [-0.1, -0.05) is 25.1 Å².